The summed E-state index contributed by atoms with van der Waals surface area (Å²) in [5.41, 5.74) is 4.69. The molecule has 0 unspecified atom stereocenters. The lowest BCUT2D eigenvalue weighted by molar-refractivity contribution is -0.131. The Hall–Kier alpha value is -4.33. The summed E-state index contributed by atoms with van der Waals surface area (Å²) in [4.78, 5) is 22.6. The lowest BCUT2D eigenvalue weighted by Crippen LogP contribution is -2.34. The van der Waals surface area contributed by atoms with Crippen molar-refractivity contribution in [3.8, 4) is 17.2 Å². The van der Waals surface area contributed by atoms with Gasteiger partial charge in [0.15, 0.2) is 11.5 Å². The number of amides is 1. The van der Waals surface area contributed by atoms with Gasteiger partial charge in [0.2, 0.25) is 11.7 Å². The van der Waals surface area contributed by atoms with Crippen molar-refractivity contribution in [2.75, 3.05) is 46.9 Å². The van der Waals surface area contributed by atoms with Crippen molar-refractivity contribution in [3.63, 3.8) is 0 Å². The third kappa shape index (κ3) is 6.62. The molecule has 0 radical (unpaired) electrons. The van der Waals surface area contributed by atoms with Gasteiger partial charge in [-0.3, -0.25) is 4.79 Å². The maximum atomic E-state index is 13.9. The van der Waals surface area contributed by atoms with Crippen molar-refractivity contribution in [2.24, 2.45) is 0 Å². The number of benzene rings is 3. The van der Waals surface area contributed by atoms with Gasteiger partial charge in [-0.2, -0.15) is 0 Å². The molecule has 1 aromatic heterocycles. The average molecular weight is 546 g/mol. The normalized spacial score (nSPS) is 10.9. The van der Waals surface area contributed by atoms with Gasteiger partial charge >= 0.3 is 0 Å². The minimum atomic E-state index is -0.285. The van der Waals surface area contributed by atoms with Gasteiger partial charge in [-0.05, 0) is 66.4 Å². The lowest BCUT2D eigenvalue weighted by atomic mass is 10.1. The molecule has 0 N–H and O–H groups in total. The quantitative estimate of drug-likeness (QED) is 0.245. The van der Waals surface area contributed by atoms with E-state index >= 15 is 0 Å². The Labute approximate surface area is 235 Å². The topological polar surface area (TPSA) is 64.1 Å². The molecule has 0 saturated carbocycles. The second-order valence-electron chi connectivity index (χ2n) is 9.96. The molecule has 4 rings (SSSR count). The molecule has 0 fully saturated rings. The van der Waals surface area contributed by atoms with Crippen molar-refractivity contribution in [2.45, 2.75) is 26.3 Å². The number of nitrogens with zero attached hydrogens (tertiary/aromatic N) is 3. The first-order chi connectivity index (χ1) is 19.2. The van der Waals surface area contributed by atoms with Crippen molar-refractivity contribution < 1.29 is 23.4 Å². The zero-order valence-corrected chi connectivity index (χ0v) is 24.0. The number of hydrogen-bond acceptors (Lipinski definition) is 6. The van der Waals surface area contributed by atoms with E-state index in [-0.39, 0.29) is 18.1 Å². The van der Waals surface area contributed by atoms with Crippen LogP contribution in [0.1, 0.15) is 22.3 Å². The number of ether oxygens (including phenoxy) is 3. The number of rotatable bonds is 11. The molecule has 1 amide bonds. The highest BCUT2D eigenvalue weighted by Crippen LogP contribution is 2.38. The number of hydrogen-bond donors (Lipinski definition) is 0. The minimum Gasteiger partial charge on any atom is -0.493 e. The van der Waals surface area contributed by atoms with Crippen LogP contribution in [0.2, 0.25) is 0 Å². The number of anilines is 1. The van der Waals surface area contributed by atoms with Gasteiger partial charge in [0, 0.05) is 38.1 Å². The molecule has 0 aliphatic rings. The Morgan fingerprint density at radius 3 is 2.15 bits per heavy atom. The van der Waals surface area contributed by atoms with E-state index in [0.29, 0.717) is 36.8 Å². The largest absolute Gasteiger partial charge is 0.493 e. The van der Waals surface area contributed by atoms with Gasteiger partial charge in [-0.1, -0.05) is 24.3 Å². The first-order valence-electron chi connectivity index (χ1n) is 13.1. The molecule has 0 aliphatic carbocycles. The van der Waals surface area contributed by atoms with Crippen LogP contribution in [0.3, 0.4) is 0 Å². The smallest absolute Gasteiger partial charge is 0.227 e. The van der Waals surface area contributed by atoms with Crippen molar-refractivity contribution >= 4 is 22.6 Å². The Morgan fingerprint density at radius 2 is 1.55 bits per heavy atom. The SMILES string of the molecule is COc1cc(CC(=O)N(CCc2ccc(F)cc2)Cc2cc3ccc(C)cc3nc2N(C)C)cc(OC)c1OC. The van der Waals surface area contributed by atoms with Gasteiger partial charge in [-0.25, -0.2) is 9.37 Å². The number of halogens is 1. The summed E-state index contributed by atoms with van der Waals surface area (Å²) in [5, 5.41) is 1.02. The van der Waals surface area contributed by atoms with Gasteiger partial charge in [0.25, 0.3) is 0 Å². The van der Waals surface area contributed by atoms with Gasteiger partial charge in [-0.15, -0.1) is 0 Å². The van der Waals surface area contributed by atoms with E-state index in [1.165, 1.54) is 12.1 Å². The molecule has 7 nitrogen and oxygen atoms in total. The first-order valence-corrected chi connectivity index (χ1v) is 13.1. The zero-order valence-electron chi connectivity index (χ0n) is 24.0. The van der Waals surface area contributed by atoms with E-state index in [0.717, 1.165) is 39.0 Å². The van der Waals surface area contributed by atoms with Crippen LogP contribution in [-0.2, 0) is 24.2 Å². The van der Waals surface area contributed by atoms with Gasteiger partial charge < -0.3 is 24.0 Å². The maximum absolute atomic E-state index is 13.9. The van der Waals surface area contributed by atoms with E-state index in [4.69, 9.17) is 19.2 Å². The third-order valence-electron chi connectivity index (χ3n) is 6.83. The fourth-order valence-electron chi connectivity index (χ4n) is 4.75. The lowest BCUT2D eigenvalue weighted by Gasteiger charge is -2.26. The monoisotopic (exact) mass is 545 g/mol. The molecule has 0 atom stereocenters. The number of fused-ring (bicyclic) bond motifs is 1. The summed E-state index contributed by atoms with van der Waals surface area (Å²) in [6.45, 7) is 2.87. The van der Waals surface area contributed by atoms with Gasteiger partial charge in [0.05, 0.1) is 33.3 Å². The van der Waals surface area contributed by atoms with Crippen LogP contribution < -0.4 is 19.1 Å². The van der Waals surface area contributed by atoms with Gasteiger partial charge in [0.1, 0.15) is 11.6 Å². The molecule has 3 aromatic carbocycles. The summed E-state index contributed by atoms with van der Waals surface area (Å²) < 4.78 is 29.9. The van der Waals surface area contributed by atoms with Crippen LogP contribution in [0.15, 0.2) is 60.7 Å². The van der Waals surface area contributed by atoms with Crippen LogP contribution >= 0.6 is 0 Å². The van der Waals surface area contributed by atoms with E-state index in [9.17, 15) is 9.18 Å². The predicted molar refractivity (Wildman–Crippen MR) is 156 cm³/mol. The van der Waals surface area contributed by atoms with E-state index in [1.54, 1.807) is 45.6 Å². The molecule has 40 heavy (non-hydrogen) atoms. The van der Waals surface area contributed by atoms with E-state index in [2.05, 4.69) is 24.3 Å². The molecular weight excluding hydrogens is 509 g/mol. The minimum absolute atomic E-state index is 0.0647. The first kappa shape index (κ1) is 28.7. The second-order valence-corrected chi connectivity index (χ2v) is 9.96. The third-order valence-corrected chi connectivity index (χ3v) is 6.83. The highest BCUT2D eigenvalue weighted by molar-refractivity contribution is 5.83. The highest BCUT2D eigenvalue weighted by Gasteiger charge is 2.21. The zero-order chi connectivity index (χ0) is 28.8. The number of carbonyl (C=O) groups is 1. The molecular formula is C32H36FN3O4. The van der Waals surface area contributed by atoms with E-state index in [1.807, 2.05) is 30.8 Å². The Bertz CT molecular complexity index is 1460. The van der Waals surface area contributed by atoms with Crippen LogP contribution in [0.4, 0.5) is 10.2 Å². The fourth-order valence-corrected chi connectivity index (χ4v) is 4.75. The Morgan fingerprint density at radius 1 is 0.875 bits per heavy atom. The van der Waals surface area contributed by atoms with Crippen LogP contribution in [-0.4, -0.2) is 57.8 Å². The van der Waals surface area contributed by atoms with Crippen molar-refractivity contribution in [1.29, 1.82) is 0 Å². The standard InChI is InChI=1S/C32H36FN3O4/c1-21-7-10-24-19-25(32(35(2)3)34-27(24)15-21)20-36(14-13-22-8-11-26(33)12-9-22)30(37)18-23-16-28(38-4)31(40-6)29(17-23)39-5/h7-12,15-17,19H,13-14,18,20H2,1-6H3. The average Bonchev–Trinajstić information content (AvgIpc) is 2.94. The summed E-state index contributed by atoms with van der Waals surface area (Å²) in [7, 11) is 8.55. The summed E-state index contributed by atoms with van der Waals surface area (Å²) >= 11 is 0. The summed E-state index contributed by atoms with van der Waals surface area (Å²) in [6, 6.07) is 18.3. The van der Waals surface area contributed by atoms with Crippen molar-refractivity contribution in [3.05, 3.63) is 88.7 Å². The molecule has 4 aromatic rings. The molecule has 0 aliphatic heterocycles. The van der Waals surface area contributed by atoms with Crippen LogP contribution in [0, 0.1) is 12.7 Å². The second kappa shape index (κ2) is 12.7. The Balaban J connectivity index is 1.68. The number of carbonyl (C=O) groups excluding carboxylic acids is 1. The number of methoxy groups -OCH3 is 3. The molecule has 8 heteroatoms. The highest BCUT2D eigenvalue weighted by atomic mass is 19.1. The molecule has 1 heterocycles. The van der Waals surface area contributed by atoms with Crippen LogP contribution in [0.5, 0.6) is 17.2 Å². The van der Waals surface area contributed by atoms with E-state index < -0.39 is 0 Å². The molecule has 0 spiro atoms. The number of aromatic nitrogens is 1. The van der Waals surface area contributed by atoms with Crippen molar-refractivity contribution in [1.82, 2.24) is 9.88 Å². The number of pyridine rings is 1. The Kier molecular flexibility index (Phi) is 9.09. The summed E-state index contributed by atoms with van der Waals surface area (Å²) in [6.07, 6.45) is 0.719. The van der Waals surface area contributed by atoms with Crippen LogP contribution in [0.25, 0.3) is 10.9 Å². The summed E-state index contributed by atoms with van der Waals surface area (Å²) in [5.74, 6) is 1.92. The number of aryl methyl sites for hydroxylation is 1. The maximum Gasteiger partial charge on any atom is 0.227 e. The molecule has 0 saturated heterocycles. The molecule has 210 valence electrons. The molecule has 0 bridgehead atoms. The fraction of sp³-hybridized carbons (Fsp3) is 0.312. The predicted octanol–water partition coefficient (Wildman–Crippen LogP) is 5.59.